The zero-order chi connectivity index (χ0) is 16.9. The van der Waals surface area contributed by atoms with Crippen molar-refractivity contribution in [2.24, 2.45) is 0 Å². The van der Waals surface area contributed by atoms with Gasteiger partial charge in [0.05, 0.1) is 12.2 Å². The first-order valence-electron chi connectivity index (χ1n) is 9.08. The highest BCUT2D eigenvalue weighted by atomic mass is 35.5. The first-order chi connectivity index (χ1) is 11.6. The fourth-order valence-electron chi connectivity index (χ4n) is 3.68. The highest BCUT2D eigenvalue weighted by Crippen LogP contribution is 2.15. The first kappa shape index (κ1) is 23.2. The summed E-state index contributed by atoms with van der Waals surface area (Å²) < 4.78 is 5.78. The summed E-state index contributed by atoms with van der Waals surface area (Å²) in [7, 11) is 0. The van der Waals surface area contributed by atoms with Gasteiger partial charge in [0.1, 0.15) is 0 Å². The van der Waals surface area contributed by atoms with E-state index in [4.69, 9.17) is 4.74 Å². The summed E-state index contributed by atoms with van der Waals surface area (Å²) in [5, 5.41) is 6.44. The third-order valence-electron chi connectivity index (χ3n) is 4.75. The molecule has 3 unspecified atom stereocenters. The van der Waals surface area contributed by atoms with Crippen LogP contribution in [-0.2, 0) is 11.3 Å². The monoisotopic (exact) mass is 403 g/mol. The minimum atomic E-state index is 0. The molecule has 5 nitrogen and oxygen atoms in total. The van der Waals surface area contributed by atoms with Gasteiger partial charge in [0.15, 0.2) is 0 Å². The summed E-state index contributed by atoms with van der Waals surface area (Å²) in [5.74, 6) is 0.0314. The molecule has 26 heavy (non-hydrogen) atoms. The zero-order valence-electron chi connectivity index (χ0n) is 15.6. The van der Waals surface area contributed by atoms with Gasteiger partial charge in [0, 0.05) is 37.8 Å². The smallest absolute Gasteiger partial charge is 0.251 e. The Labute approximate surface area is 169 Å². The van der Waals surface area contributed by atoms with Crippen LogP contribution < -0.4 is 10.6 Å². The van der Waals surface area contributed by atoms with Crippen LogP contribution in [0.15, 0.2) is 24.3 Å². The van der Waals surface area contributed by atoms with Crippen molar-refractivity contribution in [2.45, 2.75) is 51.5 Å². The second-order valence-corrected chi connectivity index (χ2v) is 7.17. The van der Waals surface area contributed by atoms with E-state index < -0.39 is 0 Å². The van der Waals surface area contributed by atoms with Crippen LogP contribution in [0.2, 0.25) is 0 Å². The number of carbonyl (C=O) groups is 1. The summed E-state index contributed by atoms with van der Waals surface area (Å²) in [4.78, 5) is 14.8. The summed E-state index contributed by atoms with van der Waals surface area (Å²) in [6.45, 7) is 9.00. The predicted molar refractivity (Wildman–Crippen MR) is 110 cm³/mol. The number of morpholine rings is 1. The van der Waals surface area contributed by atoms with Gasteiger partial charge in [-0.25, -0.2) is 0 Å². The van der Waals surface area contributed by atoms with Gasteiger partial charge in [-0.3, -0.25) is 9.69 Å². The Bertz CT molecular complexity index is 540. The molecule has 2 saturated heterocycles. The zero-order valence-corrected chi connectivity index (χ0v) is 17.2. The number of nitrogens with one attached hydrogen (secondary N) is 2. The number of benzene rings is 1. The van der Waals surface area contributed by atoms with Gasteiger partial charge in [-0.05, 0) is 50.9 Å². The predicted octanol–water partition coefficient (Wildman–Crippen LogP) is 2.62. The van der Waals surface area contributed by atoms with Crippen LogP contribution in [-0.4, -0.2) is 55.2 Å². The lowest BCUT2D eigenvalue weighted by molar-refractivity contribution is -0.0704. The van der Waals surface area contributed by atoms with E-state index in [1.54, 1.807) is 0 Å². The molecule has 148 valence electrons. The number of nitrogens with zero attached hydrogens (tertiary/aromatic N) is 1. The molecule has 2 aliphatic rings. The summed E-state index contributed by atoms with van der Waals surface area (Å²) in [5.41, 5.74) is 1.99. The minimum absolute atomic E-state index is 0. The lowest BCUT2D eigenvalue weighted by Gasteiger charge is -2.35. The molecule has 1 aromatic rings. The molecule has 7 heteroatoms. The minimum Gasteiger partial charge on any atom is -0.373 e. The van der Waals surface area contributed by atoms with E-state index in [-0.39, 0.29) is 49.0 Å². The Kier molecular flexibility index (Phi) is 9.90. The molecule has 0 bridgehead atoms. The number of halogens is 2. The van der Waals surface area contributed by atoms with E-state index >= 15 is 0 Å². The van der Waals surface area contributed by atoms with Crippen molar-refractivity contribution < 1.29 is 9.53 Å². The molecule has 0 aromatic heterocycles. The molecule has 0 aliphatic carbocycles. The van der Waals surface area contributed by atoms with E-state index in [2.05, 4.69) is 41.5 Å². The molecular formula is C19H31Cl2N3O2. The van der Waals surface area contributed by atoms with Crippen LogP contribution in [0, 0.1) is 0 Å². The lowest BCUT2D eigenvalue weighted by Crippen LogP contribution is -2.45. The topological polar surface area (TPSA) is 53.6 Å². The quantitative estimate of drug-likeness (QED) is 0.810. The molecule has 0 saturated carbocycles. The molecular weight excluding hydrogens is 373 g/mol. The van der Waals surface area contributed by atoms with Crippen LogP contribution in [0.1, 0.15) is 42.6 Å². The highest BCUT2D eigenvalue weighted by Gasteiger charge is 2.22. The van der Waals surface area contributed by atoms with E-state index in [1.165, 1.54) is 5.56 Å². The van der Waals surface area contributed by atoms with E-state index in [9.17, 15) is 4.79 Å². The van der Waals surface area contributed by atoms with Crippen LogP contribution in [0.25, 0.3) is 0 Å². The molecule has 1 aromatic carbocycles. The van der Waals surface area contributed by atoms with E-state index in [0.717, 1.165) is 51.1 Å². The van der Waals surface area contributed by atoms with Crippen molar-refractivity contribution in [2.75, 3.05) is 26.2 Å². The Balaban J connectivity index is 0.00000169. The van der Waals surface area contributed by atoms with Gasteiger partial charge in [-0.15, -0.1) is 24.8 Å². The molecule has 3 atom stereocenters. The van der Waals surface area contributed by atoms with Gasteiger partial charge in [-0.2, -0.15) is 0 Å². The van der Waals surface area contributed by atoms with E-state index in [1.807, 2.05) is 12.1 Å². The Morgan fingerprint density at radius 2 is 1.85 bits per heavy atom. The number of hydrogen-bond acceptors (Lipinski definition) is 4. The highest BCUT2D eigenvalue weighted by molar-refractivity contribution is 5.94. The Hall–Kier alpha value is -0.850. The third-order valence-corrected chi connectivity index (χ3v) is 4.75. The largest absolute Gasteiger partial charge is 0.373 e. The summed E-state index contributed by atoms with van der Waals surface area (Å²) in [6, 6.07) is 8.27. The Morgan fingerprint density at radius 1 is 1.19 bits per heavy atom. The van der Waals surface area contributed by atoms with Crippen molar-refractivity contribution in [3.05, 3.63) is 35.4 Å². The van der Waals surface area contributed by atoms with Gasteiger partial charge in [0.25, 0.3) is 5.91 Å². The van der Waals surface area contributed by atoms with Crippen molar-refractivity contribution in [3.8, 4) is 0 Å². The van der Waals surface area contributed by atoms with Gasteiger partial charge < -0.3 is 15.4 Å². The number of hydrogen-bond donors (Lipinski definition) is 2. The SMILES string of the molecule is CC1CN(Cc2ccc(C(=O)NC3CCCNC3)cc2)CC(C)O1.Cl.Cl. The third kappa shape index (κ3) is 6.71. The molecule has 2 aliphatic heterocycles. The van der Waals surface area contributed by atoms with Gasteiger partial charge in [-0.1, -0.05) is 12.1 Å². The molecule has 2 heterocycles. The fraction of sp³-hybridized carbons (Fsp3) is 0.632. The Morgan fingerprint density at radius 3 is 2.42 bits per heavy atom. The van der Waals surface area contributed by atoms with Crippen molar-refractivity contribution in [1.82, 2.24) is 15.5 Å². The molecule has 1 amide bonds. The molecule has 0 spiro atoms. The number of carbonyl (C=O) groups excluding carboxylic acids is 1. The van der Waals surface area contributed by atoms with E-state index in [0.29, 0.717) is 0 Å². The lowest BCUT2D eigenvalue weighted by atomic mass is 10.1. The van der Waals surface area contributed by atoms with Crippen LogP contribution in [0.5, 0.6) is 0 Å². The van der Waals surface area contributed by atoms with Gasteiger partial charge >= 0.3 is 0 Å². The summed E-state index contributed by atoms with van der Waals surface area (Å²) >= 11 is 0. The van der Waals surface area contributed by atoms with Crippen molar-refractivity contribution >= 4 is 30.7 Å². The molecule has 0 radical (unpaired) electrons. The number of ether oxygens (including phenoxy) is 1. The van der Waals surface area contributed by atoms with Crippen LogP contribution >= 0.6 is 24.8 Å². The van der Waals surface area contributed by atoms with Crippen molar-refractivity contribution in [1.29, 1.82) is 0 Å². The second-order valence-electron chi connectivity index (χ2n) is 7.17. The van der Waals surface area contributed by atoms with Crippen molar-refractivity contribution in [3.63, 3.8) is 0 Å². The molecule has 3 rings (SSSR count). The maximum absolute atomic E-state index is 12.3. The molecule has 2 N–H and O–H groups in total. The fourth-order valence-corrected chi connectivity index (χ4v) is 3.68. The standard InChI is InChI=1S/C19H29N3O2.2ClH/c1-14-11-22(12-15(2)24-14)13-16-5-7-17(8-6-16)19(23)21-18-4-3-9-20-10-18;;/h5-8,14-15,18,20H,3-4,9-13H2,1-2H3,(H,21,23);2*1H. The first-order valence-corrected chi connectivity index (χ1v) is 9.08. The second kappa shape index (κ2) is 11.1. The average Bonchev–Trinajstić information content (AvgIpc) is 2.55. The number of rotatable bonds is 4. The van der Waals surface area contributed by atoms with Crippen LogP contribution in [0.3, 0.4) is 0 Å². The number of piperidine rings is 1. The van der Waals surface area contributed by atoms with Gasteiger partial charge in [0.2, 0.25) is 0 Å². The maximum atomic E-state index is 12.3. The molecule has 2 fully saturated rings. The number of amides is 1. The normalized spacial score (nSPS) is 26.3. The maximum Gasteiger partial charge on any atom is 0.251 e. The average molecular weight is 404 g/mol. The van der Waals surface area contributed by atoms with Crippen LogP contribution in [0.4, 0.5) is 0 Å². The summed E-state index contributed by atoms with van der Waals surface area (Å²) in [6.07, 6.45) is 2.75.